The summed E-state index contributed by atoms with van der Waals surface area (Å²) in [6.45, 7) is 6.79. The van der Waals surface area contributed by atoms with Crippen molar-refractivity contribution in [2.24, 2.45) is 0 Å². The van der Waals surface area contributed by atoms with Crippen LogP contribution in [0.4, 0.5) is 0 Å². The highest BCUT2D eigenvalue weighted by Crippen LogP contribution is 2.16. The van der Waals surface area contributed by atoms with Gasteiger partial charge < -0.3 is 5.32 Å². The molecular formula is C16H24ClNO. The number of amides is 1. The van der Waals surface area contributed by atoms with E-state index in [0.717, 1.165) is 54.8 Å². The zero-order valence-electron chi connectivity index (χ0n) is 12.2. The highest BCUT2D eigenvalue weighted by atomic mass is 35.5. The first-order chi connectivity index (χ1) is 9.06. The van der Waals surface area contributed by atoms with E-state index in [1.807, 2.05) is 13.8 Å². The van der Waals surface area contributed by atoms with Crippen molar-refractivity contribution < 1.29 is 4.79 Å². The minimum absolute atomic E-state index is 0.0485. The Morgan fingerprint density at radius 2 is 1.63 bits per heavy atom. The Hall–Kier alpha value is -1.02. The van der Waals surface area contributed by atoms with E-state index in [1.54, 1.807) is 0 Å². The first-order valence-electron chi connectivity index (χ1n) is 6.98. The first-order valence-corrected chi connectivity index (χ1v) is 7.51. The smallest absolute Gasteiger partial charge is 0.251 e. The third-order valence-corrected chi connectivity index (χ3v) is 3.52. The van der Waals surface area contributed by atoms with E-state index in [2.05, 4.69) is 24.4 Å². The predicted molar refractivity (Wildman–Crippen MR) is 82.2 cm³/mol. The molecule has 0 aliphatic rings. The molecular weight excluding hydrogens is 258 g/mol. The van der Waals surface area contributed by atoms with Crippen molar-refractivity contribution >= 4 is 17.5 Å². The zero-order chi connectivity index (χ0) is 14.3. The molecule has 1 aromatic rings. The summed E-state index contributed by atoms with van der Waals surface area (Å²) >= 11 is 5.62. The fourth-order valence-corrected chi connectivity index (χ4v) is 2.59. The number of nitrogens with one attached hydrogen (secondary N) is 1. The lowest BCUT2D eigenvalue weighted by molar-refractivity contribution is 0.0951. The highest BCUT2D eigenvalue weighted by molar-refractivity contribution is 6.17. The van der Waals surface area contributed by atoms with Crippen LogP contribution in [0.3, 0.4) is 0 Å². The monoisotopic (exact) mass is 281 g/mol. The lowest BCUT2D eigenvalue weighted by Crippen LogP contribution is -2.26. The summed E-state index contributed by atoms with van der Waals surface area (Å²) in [6.07, 6.45) is 4.35. The second kappa shape index (κ2) is 8.21. The Labute approximate surface area is 121 Å². The molecule has 1 amide bonds. The minimum Gasteiger partial charge on any atom is -0.352 e. The van der Waals surface area contributed by atoms with Gasteiger partial charge in [-0.25, -0.2) is 0 Å². The van der Waals surface area contributed by atoms with Crippen molar-refractivity contribution in [3.05, 3.63) is 34.4 Å². The Morgan fingerprint density at radius 1 is 1.05 bits per heavy atom. The van der Waals surface area contributed by atoms with Gasteiger partial charge in [0.15, 0.2) is 0 Å². The number of halogens is 1. The molecule has 0 radical (unpaired) electrons. The number of aryl methyl sites for hydroxylation is 3. The van der Waals surface area contributed by atoms with Gasteiger partial charge in [0.05, 0.1) is 0 Å². The van der Waals surface area contributed by atoms with Crippen LogP contribution in [0.15, 0.2) is 12.1 Å². The molecule has 0 aliphatic heterocycles. The van der Waals surface area contributed by atoms with Crippen molar-refractivity contribution in [2.75, 3.05) is 12.4 Å². The lowest BCUT2D eigenvalue weighted by Gasteiger charge is -2.11. The van der Waals surface area contributed by atoms with E-state index in [0.29, 0.717) is 0 Å². The van der Waals surface area contributed by atoms with Crippen LogP contribution in [0.25, 0.3) is 0 Å². The average molecular weight is 282 g/mol. The standard InChI is InChI=1S/C16H24ClNO/c1-12-10-13(2)15(14(3)11-12)16(19)18-9-7-5-4-6-8-17/h10-11H,4-9H2,1-3H3,(H,18,19). The third kappa shape index (κ3) is 5.23. The summed E-state index contributed by atoms with van der Waals surface area (Å²) in [4.78, 5) is 12.2. The Bertz CT molecular complexity index is 406. The van der Waals surface area contributed by atoms with Crippen molar-refractivity contribution in [1.29, 1.82) is 0 Å². The van der Waals surface area contributed by atoms with Crippen LogP contribution in [0.5, 0.6) is 0 Å². The number of hydrogen-bond donors (Lipinski definition) is 1. The Balaban J connectivity index is 2.46. The molecule has 0 saturated carbocycles. The van der Waals surface area contributed by atoms with E-state index in [1.165, 1.54) is 5.56 Å². The van der Waals surface area contributed by atoms with Crippen molar-refractivity contribution in [3.63, 3.8) is 0 Å². The third-order valence-electron chi connectivity index (χ3n) is 3.25. The van der Waals surface area contributed by atoms with Crippen molar-refractivity contribution in [3.8, 4) is 0 Å². The zero-order valence-corrected chi connectivity index (χ0v) is 12.9. The van der Waals surface area contributed by atoms with E-state index in [9.17, 15) is 4.79 Å². The van der Waals surface area contributed by atoms with Crippen LogP contribution < -0.4 is 5.32 Å². The van der Waals surface area contributed by atoms with Crippen LogP contribution in [-0.2, 0) is 0 Å². The second-order valence-corrected chi connectivity index (χ2v) is 5.51. The maximum Gasteiger partial charge on any atom is 0.251 e. The van der Waals surface area contributed by atoms with Gasteiger partial charge in [-0.1, -0.05) is 30.5 Å². The van der Waals surface area contributed by atoms with Crippen LogP contribution in [-0.4, -0.2) is 18.3 Å². The van der Waals surface area contributed by atoms with Crippen LogP contribution in [0.1, 0.15) is 52.7 Å². The molecule has 0 atom stereocenters. The summed E-state index contributed by atoms with van der Waals surface area (Å²) in [5, 5.41) is 3.01. The summed E-state index contributed by atoms with van der Waals surface area (Å²) in [6, 6.07) is 4.12. The van der Waals surface area contributed by atoms with Gasteiger partial charge in [0.1, 0.15) is 0 Å². The fourth-order valence-electron chi connectivity index (χ4n) is 2.40. The molecule has 0 unspecified atom stereocenters. The maximum atomic E-state index is 12.2. The molecule has 1 rings (SSSR count). The molecule has 0 saturated heterocycles. The maximum absolute atomic E-state index is 12.2. The van der Waals surface area contributed by atoms with E-state index in [-0.39, 0.29) is 5.91 Å². The summed E-state index contributed by atoms with van der Waals surface area (Å²) < 4.78 is 0. The van der Waals surface area contributed by atoms with Gasteiger partial charge >= 0.3 is 0 Å². The van der Waals surface area contributed by atoms with Crippen LogP contribution in [0, 0.1) is 20.8 Å². The molecule has 1 aromatic carbocycles. The highest BCUT2D eigenvalue weighted by Gasteiger charge is 2.11. The number of hydrogen-bond acceptors (Lipinski definition) is 1. The van der Waals surface area contributed by atoms with Gasteiger partial charge in [0.2, 0.25) is 0 Å². The molecule has 0 spiro atoms. The first kappa shape index (κ1) is 16.0. The topological polar surface area (TPSA) is 29.1 Å². The largest absolute Gasteiger partial charge is 0.352 e. The molecule has 19 heavy (non-hydrogen) atoms. The van der Waals surface area contributed by atoms with Gasteiger partial charge in [-0.05, 0) is 44.7 Å². The SMILES string of the molecule is Cc1cc(C)c(C(=O)NCCCCCCCl)c(C)c1. The number of unbranched alkanes of at least 4 members (excludes halogenated alkanes) is 3. The number of carbonyl (C=O) groups is 1. The molecule has 0 bridgehead atoms. The summed E-state index contributed by atoms with van der Waals surface area (Å²) in [5.74, 6) is 0.779. The molecule has 0 fully saturated rings. The molecule has 106 valence electrons. The van der Waals surface area contributed by atoms with Crippen molar-refractivity contribution in [1.82, 2.24) is 5.32 Å². The lowest BCUT2D eigenvalue weighted by atomic mass is 9.99. The second-order valence-electron chi connectivity index (χ2n) is 5.13. The predicted octanol–water partition coefficient (Wildman–Crippen LogP) is 4.14. The molecule has 2 nitrogen and oxygen atoms in total. The number of benzene rings is 1. The molecule has 1 N–H and O–H groups in total. The average Bonchev–Trinajstić information content (AvgIpc) is 2.32. The van der Waals surface area contributed by atoms with Gasteiger partial charge in [0, 0.05) is 18.0 Å². The fraction of sp³-hybridized carbons (Fsp3) is 0.562. The summed E-state index contributed by atoms with van der Waals surface area (Å²) in [7, 11) is 0. The molecule has 0 aliphatic carbocycles. The van der Waals surface area contributed by atoms with Crippen LogP contribution >= 0.6 is 11.6 Å². The molecule has 3 heteroatoms. The van der Waals surface area contributed by atoms with E-state index >= 15 is 0 Å². The van der Waals surface area contributed by atoms with E-state index < -0.39 is 0 Å². The number of rotatable bonds is 7. The summed E-state index contributed by atoms with van der Waals surface area (Å²) in [5.41, 5.74) is 4.13. The van der Waals surface area contributed by atoms with Gasteiger partial charge in [-0.15, -0.1) is 11.6 Å². The van der Waals surface area contributed by atoms with Crippen LogP contribution in [0.2, 0.25) is 0 Å². The van der Waals surface area contributed by atoms with Gasteiger partial charge in [-0.3, -0.25) is 4.79 Å². The Kier molecular flexibility index (Phi) is 6.93. The number of alkyl halides is 1. The van der Waals surface area contributed by atoms with Gasteiger partial charge in [0.25, 0.3) is 5.91 Å². The quantitative estimate of drug-likeness (QED) is 0.591. The molecule has 0 aromatic heterocycles. The molecule has 0 heterocycles. The van der Waals surface area contributed by atoms with Crippen molar-refractivity contribution in [2.45, 2.75) is 46.5 Å². The normalized spacial score (nSPS) is 10.5. The van der Waals surface area contributed by atoms with Gasteiger partial charge in [-0.2, -0.15) is 0 Å². The number of carbonyl (C=O) groups excluding carboxylic acids is 1. The minimum atomic E-state index is 0.0485. The Morgan fingerprint density at radius 3 is 2.21 bits per heavy atom. The van der Waals surface area contributed by atoms with E-state index in [4.69, 9.17) is 11.6 Å².